The molecule has 6 nitrogen and oxygen atoms in total. The number of methoxy groups -OCH3 is 2. The van der Waals surface area contributed by atoms with Crippen LogP contribution in [-0.2, 0) is 9.84 Å². The molecule has 32 heavy (non-hydrogen) atoms. The van der Waals surface area contributed by atoms with Crippen molar-refractivity contribution in [3.05, 3.63) is 53.4 Å². The van der Waals surface area contributed by atoms with Crippen molar-refractivity contribution >= 4 is 26.3 Å². The molecule has 4 rings (SSSR count). The molecule has 1 aliphatic rings. The SMILES string of the molecule is COc1ccc(OC)c(-c2csc(N3CCC(S(=O)(=O)c4ccc(F)cc4F)CC3)n2)c1. The Labute approximate surface area is 189 Å². The molecule has 0 bridgehead atoms. The van der Waals surface area contributed by atoms with Crippen molar-refractivity contribution in [2.24, 2.45) is 0 Å². The Bertz CT molecular complexity index is 1220. The van der Waals surface area contributed by atoms with E-state index in [1.54, 1.807) is 14.2 Å². The predicted octanol–water partition coefficient (Wildman–Crippen LogP) is 4.55. The number of hydrogen-bond acceptors (Lipinski definition) is 7. The summed E-state index contributed by atoms with van der Waals surface area (Å²) in [6.45, 7) is 0.934. The maximum absolute atomic E-state index is 14.1. The molecular formula is C22H22F2N2O4S2. The van der Waals surface area contributed by atoms with Crippen molar-refractivity contribution in [3.63, 3.8) is 0 Å². The Morgan fingerprint density at radius 2 is 1.81 bits per heavy atom. The summed E-state index contributed by atoms with van der Waals surface area (Å²) in [6, 6.07) is 8.05. The first-order chi connectivity index (χ1) is 15.3. The molecule has 0 radical (unpaired) electrons. The van der Waals surface area contributed by atoms with Crippen LogP contribution in [0.2, 0.25) is 0 Å². The van der Waals surface area contributed by atoms with E-state index in [0.717, 1.165) is 28.5 Å². The maximum Gasteiger partial charge on any atom is 0.185 e. The van der Waals surface area contributed by atoms with E-state index in [2.05, 4.69) is 0 Å². The zero-order valence-electron chi connectivity index (χ0n) is 17.5. The fourth-order valence-corrected chi connectivity index (χ4v) is 6.45. The minimum Gasteiger partial charge on any atom is -0.497 e. The molecule has 0 spiro atoms. The summed E-state index contributed by atoms with van der Waals surface area (Å²) in [4.78, 5) is 6.29. The number of thiazole rings is 1. The highest BCUT2D eigenvalue weighted by Crippen LogP contribution is 2.37. The van der Waals surface area contributed by atoms with Gasteiger partial charge in [-0.25, -0.2) is 22.2 Å². The molecular weight excluding hydrogens is 458 g/mol. The molecule has 10 heteroatoms. The lowest BCUT2D eigenvalue weighted by Crippen LogP contribution is -2.39. The van der Waals surface area contributed by atoms with Gasteiger partial charge in [0.05, 0.1) is 25.2 Å². The van der Waals surface area contributed by atoms with Crippen LogP contribution in [-0.4, -0.2) is 46.0 Å². The number of rotatable bonds is 6. The number of piperidine rings is 1. The Balaban J connectivity index is 1.50. The van der Waals surface area contributed by atoms with Crippen LogP contribution in [0.3, 0.4) is 0 Å². The highest BCUT2D eigenvalue weighted by molar-refractivity contribution is 7.92. The molecule has 0 N–H and O–H groups in total. The number of anilines is 1. The van der Waals surface area contributed by atoms with Gasteiger partial charge in [0.25, 0.3) is 0 Å². The first-order valence-electron chi connectivity index (χ1n) is 9.95. The van der Waals surface area contributed by atoms with E-state index >= 15 is 0 Å². The lowest BCUT2D eigenvalue weighted by Gasteiger charge is -2.31. The van der Waals surface area contributed by atoms with Gasteiger partial charge < -0.3 is 14.4 Å². The number of aromatic nitrogens is 1. The van der Waals surface area contributed by atoms with Crippen LogP contribution < -0.4 is 14.4 Å². The molecule has 170 valence electrons. The zero-order valence-corrected chi connectivity index (χ0v) is 19.2. The van der Waals surface area contributed by atoms with Gasteiger partial charge in [0.1, 0.15) is 28.0 Å². The van der Waals surface area contributed by atoms with Crippen molar-refractivity contribution in [2.75, 3.05) is 32.2 Å². The number of nitrogens with zero attached hydrogens (tertiary/aromatic N) is 2. The van der Waals surface area contributed by atoms with E-state index in [9.17, 15) is 17.2 Å². The fraction of sp³-hybridized carbons (Fsp3) is 0.318. The van der Waals surface area contributed by atoms with Crippen LogP contribution in [0.4, 0.5) is 13.9 Å². The second-order valence-electron chi connectivity index (χ2n) is 7.39. The molecule has 0 amide bonds. The van der Waals surface area contributed by atoms with Gasteiger partial charge in [-0.05, 0) is 43.2 Å². The highest BCUT2D eigenvalue weighted by atomic mass is 32.2. The van der Waals surface area contributed by atoms with Crippen molar-refractivity contribution in [3.8, 4) is 22.8 Å². The summed E-state index contributed by atoms with van der Waals surface area (Å²) in [6.07, 6.45) is 0.660. The molecule has 2 heterocycles. The van der Waals surface area contributed by atoms with Gasteiger partial charge in [-0.2, -0.15) is 0 Å². The average Bonchev–Trinajstić information content (AvgIpc) is 3.28. The van der Waals surface area contributed by atoms with E-state index < -0.39 is 31.6 Å². The van der Waals surface area contributed by atoms with Crippen LogP contribution in [0.25, 0.3) is 11.3 Å². The number of benzene rings is 2. The van der Waals surface area contributed by atoms with Crippen molar-refractivity contribution in [2.45, 2.75) is 23.0 Å². The molecule has 2 aromatic carbocycles. The Kier molecular flexibility index (Phi) is 6.34. The summed E-state index contributed by atoms with van der Waals surface area (Å²) in [5, 5.41) is 1.97. The number of halogens is 2. The predicted molar refractivity (Wildman–Crippen MR) is 119 cm³/mol. The molecule has 1 fully saturated rings. The largest absolute Gasteiger partial charge is 0.497 e. The second kappa shape index (κ2) is 9.03. The first kappa shape index (κ1) is 22.5. The maximum atomic E-state index is 14.1. The Morgan fingerprint density at radius 1 is 1.06 bits per heavy atom. The topological polar surface area (TPSA) is 68.7 Å². The van der Waals surface area contributed by atoms with E-state index in [4.69, 9.17) is 14.5 Å². The molecule has 1 aliphatic heterocycles. The lowest BCUT2D eigenvalue weighted by atomic mass is 10.1. The Morgan fingerprint density at radius 3 is 2.47 bits per heavy atom. The summed E-state index contributed by atoms with van der Waals surface area (Å²) >= 11 is 1.46. The molecule has 3 aromatic rings. The molecule has 0 unspecified atom stereocenters. The average molecular weight is 481 g/mol. The van der Waals surface area contributed by atoms with Crippen LogP contribution >= 0.6 is 11.3 Å². The highest BCUT2D eigenvalue weighted by Gasteiger charge is 2.34. The first-order valence-corrected chi connectivity index (χ1v) is 12.4. The quantitative estimate of drug-likeness (QED) is 0.482. The molecule has 0 aliphatic carbocycles. The van der Waals surface area contributed by atoms with E-state index in [1.807, 2.05) is 28.5 Å². The number of hydrogen-bond donors (Lipinski definition) is 0. The van der Waals surface area contributed by atoms with Crippen molar-refractivity contribution in [1.29, 1.82) is 0 Å². The van der Waals surface area contributed by atoms with Crippen LogP contribution in [0.5, 0.6) is 11.5 Å². The van der Waals surface area contributed by atoms with Gasteiger partial charge in [-0.3, -0.25) is 0 Å². The summed E-state index contributed by atoms with van der Waals surface area (Å²) < 4.78 is 63.7. The van der Waals surface area contributed by atoms with Gasteiger partial charge in [-0.1, -0.05) is 0 Å². The Hall–Kier alpha value is -2.72. The number of sulfone groups is 1. The van der Waals surface area contributed by atoms with Gasteiger partial charge in [0.2, 0.25) is 0 Å². The van der Waals surface area contributed by atoms with E-state index in [1.165, 1.54) is 11.3 Å². The molecule has 0 atom stereocenters. The van der Waals surface area contributed by atoms with Crippen molar-refractivity contribution in [1.82, 2.24) is 4.98 Å². The summed E-state index contributed by atoms with van der Waals surface area (Å²) in [7, 11) is -0.703. The standard InChI is InChI=1S/C22H22F2N2O4S2/c1-29-15-4-5-20(30-2)17(12-15)19-13-31-22(25-19)26-9-7-16(8-10-26)32(27,28)21-6-3-14(23)11-18(21)24/h3-6,11-13,16H,7-10H2,1-2H3. The summed E-state index contributed by atoms with van der Waals surface area (Å²) in [5.74, 6) is -0.490. The van der Waals surface area contributed by atoms with Gasteiger partial charge >= 0.3 is 0 Å². The third kappa shape index (κ3) is 4.29. The fourth-order valence-electron chi connectivity index (χ4n) is 3.79. The third-order valence-electron chi connectivity index (χ3n) is 5.53. The van der Waals surface area contributed by atoms with Gasteiger partial charge in [-0.15, -0.1) is 11.3 Å². The molecule has 1 saturated heterocycles. The third-order valence-corrected chi connectivity index (χ3v) is 8.72. The number of ether oxygens (including phenoxy) is 2. The molecule has 0 saturated carbocycles. The minimum atomic E-state index is -3.89. The van der Waals surface area contributed by atoms with Crippen LogP contribution in [0, 0.1) is 11.6 Å². The van der Waals surface area contributed by atoms with Gasteiger partial charge in [0, 0.05) is 30.1 Å². The summed E-state index contributed by atoms with van der Waals surface area (Å²) in [5.41, 5.74) is 1.54. The zero-order chi connectivity index (χ0) is 22.9. The monoisotopic (exact) mass is 480 g/mol. The van der Waals surface area contributed by atoms with Crippen molar-refractivity contribution < 1.29 is 26.7 Å². The van der Waals surface area contributed by atoms with E-state index in [-0.39, 0.29) is 0 Å². The second-order valence-corrected chi connectivity index (χ2v) is 10.4. The van der Waals surface area contributed by atoms with Gasteiger partial charge in [0.15, 0.2) is 15.0 Å². The minimum absolute atomic E-state index is 0.330. The normalized spacial score (nSPS) is 15.1. The van der Waals surface area contributed by atoms with E-state index in [0.29, 0.717) is 43.5 Å². The van der Waals surface area contributed by atoms with Crippen LogP contribution in [0.1, 0.15) is 12.8 Å². The smallest absolute Gasteiger partial charge is 0.185 e. The molecule has 1 aromatic heterocycles. The lowest BCUT2D eigenvalue weighted by molar-refractivity contribution is 0.404. The van der Waals surface area contributed by atoms with Crippen LogP contribution in [0.15, 0.2) is 46.7 Å².